The summed E-state index contributed by atoms with van der Waals surface area (Å²) in [5, 5.41) is 4.66. The van der Waals surface area contributed by atoms with Crippen molar-refractivity contribution in [2.45, 2.75) is 25.9 Å². The Morgan fingerprint density at radius 3 is 2.55 bits per heavy atom. The molecule has 0 saturated carbocycles. The number of para-hydroxylation sites is 1. The van der Waals surface area contributed by atoms with Crippen molar-refractivity contribution in [3.8, 4) is 16.9 Å². The van der Waals surface area contributed by atoms with Crippen LogP contribution in [-0.4, -0.2) is 34.3 Å². The van der Waals surface area contributed by atoms with E-state index in [1.807, 2.05) is 61.5 Å². The molecule has 1 saturated heterocycles. The summed E-state index contributed by atoms with van der Waals surface area (Å²) < 4.78 is 7.01. The number of ether oxygens (including phenoxy) is 1. The lowest BCUT2D eigenvalue weighted by molar-refractivity contribution is -0.130. The van der Waals surface area contributed by atoms with Gasteiger partial charge in [-0.25, -0.2) is 4.68 Å². The van der Waals surface area contributed by atoms with Gasteiger partial charge >= 0.3 is 0 Å². The molecule has 1 atom stereocenters. The van der Waals surface area contributed by atoms with Crippen molar-refractivity contribution in [1.82, 2.24) is 20.6 Å². The molecule has 2 heterocycles. The Morgan fingerprint density at radius 2 is 1.83 bits per heavy atom. The first-order valence-corrected chi connectivity index (χ1v) is 9.56. The number of hydrogen-bond acceptors (Lipinski definition) is 4. The van der Waals surface area contributed by atoms with Crippen LogP contribution in [0.4, 0.5) is 0 Å². The minimum absolute atomic E-state index is 0.344. The van der Waals surface area contributed by atoms with Gasteiger partial charge in [0.1, 0.15) is 11.8 Å². The van der Waals surface area contributed by atoms with E-state index in [-0.39, 0.29) is 5.91 Å². The normalized spacial score (nSPS) is 15.8. The van der Waals surface area contributed by atoms with Crippen LogP contribution in [0.1, 0.15) is 28.8 Å². The molecule has 7 heteroatoms. The fraction of sp³-hybridized carbons (Fsp3) is 0.227. The number of aryl methyl sites for hydroxylation is 1. The van der Waals surface area contributed by atoms with Gasteiger partial charge in [-0.3, -0.25) is 20.4 Å². The molecule has 2 amide bonds. The number of aromatic nitrogens is 2. The van der Waals surface area contributed by atoms with Gasteiger partial charge in [0.25, 0.3) is 11.8 Å². The van der Waals surface area contributed by atoms with Crippen molar-refractivity contribution in [2.75, 3.05) is 6.61 Å². The van der Waals surface area contributed by atoms with Crippen LogP contribution in [-0.2, 0) is 9.53 Å². The number of benzene rings is 2. The first-order chi connectivity index (χ1) is 14.1. The van der Waals surface area contributed by atoms with Gasteiger partial charge < -0.3 is 4.74 Å². The third kappa shape index (κ3) is 4.05. The molecule has 0 bridgehead atoms. The fourth-order valence-electron chi connectivity index (χ4n) is 3.34. The quantitative estimate of drug-likeness (QED) is 0.671. The Bertz CT molecular complexity index is 1020. The second-order valence-corrected chi connectivity index (χ2v) is 6.93. The van der Waals surface area contributed by atoms with E-state index in [2.05, 4.69) is 16.0 Å². The molecular formula is C22H22N4O3. The van der Waals surface area contributed by atoms with Gasteiger partial charge in [0.2, 0.25) is 0 Å². The molecular weight excluding hydrogens is 368 g/mol. The van der Waals surface area contributed by atoms with Crippen LogP contribution < -0.4 is 10.9 Å². The lowest BCUT2D eigenvalue weighted by atomic mass is 10.0. The van der Waals surface area contributed by atoms with Crippen molar-refractivity contribution in [3.63, 3.8) is 0 Å². The lowest BCUT2D eigenvalue weighted by Gasteiger charge is -2.11. The number of rotatable bonds is 4. The Balaban J connectivity index is 1.63. The molecule has 0 aliphatic carbocycles. The van der Waals surface area contributed by atoms with Crippen LogP contribution >= 0.6 is 0 Å². The van der Waals surface area contributed by atoms with Crippen LogP contribution in [0.5, 0.6) is 0 Å². The number of nitrogens with one attached hydrogen (secondary N) is 2. The van der Waals surface area contributed by atoms with Gasteiger partial charge in [0, 0.05) is 18.4 Å². The molecule has 1 aliphatic rings. The standard InChI is InChI=1S/C22H22N4O3/c1-15-8-5-6-11-17(15)20-18(14-26(25-20)16-9-3-2-4-10-16)21(27)23-24-22(28)19-12-7-13-29-19/h2-6,8-11,14,19H,7,12-13H2,1H3,(H,23,27)(H,24,28). The summed E-state index contributed by atoms with van der Waals surface area (Å²) in [5.74, 6) is -0.777. The van der Waals surface area contributed by atoms with Gasteiger partial charge in [0.05, 0.1) is 11.3 Å². The molecule has 1 aliphatic heterocycles. The summed E-state index contributed by atoms with van der Waals surface area (Å²) in [6.45, 7) is 2.53. The summed E-state index contributed by atoms with van der Waals surface area (Å²) >= 11 is 0. The molecule has 1 unspecified atom stereocenters. The zero-order valence-corrected chi connectivity index (χ0v) is 16.1. The van der Waals surface area contributed by atoms with E-state index in [0.717, 1.165) is 23.2 Å². The van der Waals surface area contributed by atoms with E-state index in [0.29, 0.717) is 24.3 Å². The number of amides is 2. The number of hydrazine groups is 1. The van der Waals surface area contributed by atoms with E-state index in [1.165, 1.54) is 0 Å². The van der Waals surface area contributed by atoms with Crippen molar-refractivity contribution in [3.05, 3.63) is 71.9 Å². The minimum Gasteiger partial charge on any atom is -0.368 e. The molecule has 7 nitrogen and oxygen atoms in total. The summed E-state index contributed by atoms with van der Waals surface area (Å²) in [4.78, 5) is 25.0. The van der Waals surface area contributed by atoms with E-state index < -0.39 is 12.0 Å². The molecule has 1 aromatic heterocycles. The van der Waals surface area contributed by atoms with Crippen LogP contribution in [0.15, 0.2) is 60.8 Å². The molecule has 3 aromatic rings. The van der Waals surface area contributed by atoms with Crippen LogP contribution in [0, 0.1) is 6.92 Å². The SMILES string of the molecule is Cc1ccccc1-c1nn(-c2ccccc2)cc1C(=O)NNC(=O)C1CCCO1. The van der Waals surface area contributed by atoms with Gasteiger partial charge in [0.15, 0.2) is 0 Å². The summed E-state index contributed by atoms with van der Waals surface area (Å²) in [6.07, 6.45) is 2.65. The highest BCUT2D eigenvalue weighted by Gasteiger charge is 2.25. The molecule has 0 spiro atoms. The third-order valence-electron chi connectivity index (χ3n) is 4.90. The Labute approximate surface area is 168 Å². The lowest BCUT2D eigenvalue weighted by Crippen LogP contribution is -2.46. The largest absolute Gasteiger partial charge is 0.368 e. The fourth-order valence-corrected chi connectivity index (χ4v) is 3.34. The maximum absolute atomic E-state index is 12.9. The monoisotopic (exact) mass is 390 g/mol. The van der Waals surface area contributed by atoms with Gasteiger partial charge in [-0.1, -0.05) is 42.5 Å². The number of hydrogen-bond donors (Lipinski definition) is 2. The van der Waals surface area contributed by atoms with Crippen LogP contribution in [0.25, 0.3) is 16.9 Å². The Hall–Kier alpha value is -3.45. The van der Waals surface area contributed by atoms with Crippen molar-refractivity contribution < 1.29 is 14.3 Å². The topological polar surface area (TPSA) is 85.3 Å². The Morgan fingerprint density at radius 1 is 1.07 bits per heavy atom. The van der Waals surface area contributed by atoms with Gasteiger partial charge in [-0.05, 0) is 37.5 Å². The van der Waals surface area contributed by atoms with Crippen molar-refractivity contribution in [1.29, 1.82) is 0 Å². The molecule has 2 N–H and O–H groups in total. The predicted octanol–water partition coefficient (Wildman–Crippen LogP) is 2.79. The maximum atomic E-state index is 12.9. The smallest absolute Gasteiger partial charge is 0.273 e. The van der Waals surface area contributed by atoms with Crippen molar-refractivity contribution >= 4 is 11.8 Å². The summed E-state index contributed by atoms with van der Waals surface area (Å²) in [7, 11) is 0. The second kappa shape index (κ2) is 8.28. The highest BCUT2D eigenvalue weighted by Crippen LogP contribution is 2.26. The molecule has 0 radical (unpaired) electrons. The number of carbonyl (C=O) groups excluding carboxylic acids is 2. The minimum atomic E-state index is -0.516. The molecule has 2 aromatic carbocycles. The summed E-state index contributed by atoms with van der Waals surface area (Å²) in [5.41, 5.74) is 8.59. The molecule has 29 heavy (non-hydrogen) atoms. The molecule has 4 rings (SSSR count). The van der Waals surface area contributed by atoms with Crippen LogP contribution in [0.3, 0.4) is 0 Å². The van der Waals surface area contributed by atoms with E-state index in [4.69, 9.17) is 4.74 Å². The highest BCUT2D eigenvalue weighted by atomic mass is 16.5. The van der Waals surface area contributed by atoms with Gasteiger partial charge in [-0.15, -0.1) is 0 Å². The highest BCUT2D eigenvalue weighted by molar-refractivity contribution is 6.01. The average molecular weight is 390 g/mol. The first kappa shape index (κ1) is 18.9. The summed E-state index contributed by atoms with van der Waals surface area (Å²) in [6, 6.07) is 17.3. The van der Waals surface area contributed by atoms with Crippen molar-refractivity contribution in [2.24, 2.45) is 0 Å². The maximum Gasteiger partial charge on any atom is 0.273 e. The number of nitrogens with zero attached hydrogens (tertiary/aromatic N) is 2. The first-order valence-electron chi connectivity index (χ1n) is 9.56. The Kier molecular flexibility index (Phi) is 5.39. The van der Waals surface area contributed by atoms with E-state index in [1.54, 1.807) is 10.9 Å². The molecule has 1 fully saturated rings. The van der Waals surface area contributed by atoms with Gasteiger partial charge in [-0.2, -0.15) is 5.10 Å². The predicted molar refractivity (Wildman–Crippen MR) is 108 cm³/mol. The zero-order chi connectivity index (χ0) is 20.2. The molecule has 148 valence electrons. The van der Waals surface area contributed by atoms with E-state index >= 15 is 0 Å². The zero-order valence-electron chi connectivity index (χ0n) is 16.1. The van der Waals surface area contributed by atoms with Crippen LogP contribution in [0.2, 0.25) is 0 Å². The average Bonchev–Trinajstić information content (AvgIpc) is 3.43. The third-order valence-corrected chi connectivity index (χ3v) is 4.90. The number of carbonyl (C=O) groups is 2. The second-order valence-electron chi connectivity index (χ2n) is 6.93. The van der Waals surface area contributed by atoms with E-state index in [9.17, 15) is 9.59 Å².